The fourth-order valence-electron chi connectivity index (χ4n) is 1.24. The second-order valence-corrected chi connectivity index (χ2v) is 3.97. The number of para-hydroxylation sites is 1. The van der Waals surface area contributed by atoms with Gasteiger partial charge in [0, 0.05) is 9.99 Å². The molecular weight excluding hydrogens is 291 g/mol. The minimum absolute atomic E-state index is 0.831. The van der Waals surface area contributed by atoms with Gasteiger partial charge >= 0.3 is 0 Å². The third kappa shape index (κ3) is 1.63. The molecule has 0 N–H and O–H groups in total. The first kappa shape index (κ1) is 9.57. The highest BCUT2D eigenvalue weighted by Gasteiger charge is 2.07. The maximum atomic E-state index is 3.97. The van der Waals surface area contributed by atoms with Gasteiger partial charge in [-0.3, -0.25) is 0 Å². The fraction of sp³-hybridized carbons (Fsp3) is 0.222. The summed E-state index contributed by atoms with van der Waals surface area (Å²) in [7, 11) is 0. The van der Waals surface area contributed by atoms with Crippen LogP contribution in [0.25, 0.3) is 5.69 Å². The predicted octanol–water partition coefficient (Wildman–Crippen LogP) is 1.83. The van der Waals surface area contributed by atoms with Gasteiger partial charge in [-0.1, -0.05) is 19.1 Å². The minimum atomic E-state index is 0.831. The molecule has 2 aromatic rings. The lowest BCUT2D eigenvalue weighted by atomic mass is 10.3. The number of hydrogen-bond donors (Lipinski definition) is 0. The van der Waals surface area contributed by atoms with Gasteiger partial charge in [-0.15, -0.1) is 5.10 Å². The number of benzene rings is 1. The zero-order valence-electron chi connectivity index (χ0n) is 7.68. The molecule has 0 radical (unpaired) electrons. The van der Waals surface area contributed by atoms with Crippen LogP contribution in [0.1, 0.15) is 12.7 Å². The third-order valence-electron chi connectivity index (χ3n) is 1.93. The molecular formula is C9H9IN4. The van der Waals surface area contributed by atoms with Crippen LogP contribution in [-0.4, -0.2) is 20.2 Å². The maximum absolute atomic E-state index is 3.97. The van der Waals surface area contributed by atoms with E-state index in [4.69, 9.17) is 0 Å². The van der Waals surface area contributed by atoms with E-state index in [1.165, 1.54) is 0 Å². The average Bonchev–Trinajstić information content (AvgIpc) is 2.66. The Labute approximate surface area is 95.5 Å². The van der Waals surface area contributed by atoms with Crippen molar-refractivity contribution in [1.29, 1.82) is 0 Å². The number of aromatic nitrogens is 4. The van der Waals surface area contributed by atoms with Crippen molar-refractivity contribution in [2.45, 2.75) is 13.3 Å². The van der Waals surface area contributed by atoms with Crippen molar-refractivity contribution in [2.75, 3.05) is 0 Å². The van der Waals surface area contributed by atoms with Crippen LogP contribution in [0.15, 0.2) is 24.3 Å². The van der Waals surface area contributed by atoms with Crippen molar-refractivity contribution >= 4 is 22.6 Å². The SMILES string of the molecule is CCc1nnnn1-c1ccccc1I. The Balaban J connectivity index is 2.54. The monoisotopic (exact) mass is 300 g/mol. The van der Waals surface area contributed by atoms with Crippen LogP contribution in [-0.2, 0) is 6.42 Å². The van der Waals surface area contributed by atoms with Gasteiger partial charge in [0.1, 0.15) is 0 Å². The molecule has 0 amide bonds. The van der Waals surface area contributed by atoms with E-state index in [1.54, 1.807) is 4.68 Å². The molecule has 14 heavy (non-hydrogen) atoms. The summed E-state index contributed by atoms with van der Waals surface area (Å²) < 4.78 is 2.92. The van der Waals surface area contributed by atoms with Crippen LogP contribution in [0.3, 0.4) is 0 Å². The standard InChI is InChI=1S/C9H9IN4/c1-2-9-11-12-13-14(9)8-6-4-3-5-7(8)10/h3-6H,2H2,1H3. The molecule has 4 nitrogen and oxygen atoms in total. The average molecular weight is 300 g/mol. The third-order valence-corrected chi connectivity index (χ3v) is 2.84. The van der Waals surface area contributed by atoms with E-state index >= 15 is 0 Å². The van der Waals surface area contributed by atoms with Crippen LogP contribution in [0, 0.1) is 3.57 Å². The van der Waals surface area contributed by atoms with Gasteiger partial charge in [0.05, 0.1) is 5.69 Å². The Morgan fingerprint density at radius 2 is 2.14 bits per heavy atom. The minimum Gasteiger partial charge on any atom is -0.196 e. The van der Waals surface area contributed by atoms with Gasteiger partial charge in [-0.25, -0.2) is 0 Å². The van der Waals surface area contributed by atoms with Crippen LogP contribution >= 0.6 is 22.6 Å². The number of tetrazole rings is 1. The van der Waals surface area contributed by atoms with Gasteiger partial charge in [-0.2, -0.15) is 4.68 Å². The molecule has 0 aliphatic heterocycles. The van der Waals surface area contributed by atoms with Crippen LogP contribution in [0.4, 0.5) is 0 Å². The van der Waals surface area contributed by atoms with E-state index in [2.05, 4.69) is 38.1 Å². The molecule has 0 unspecified atom stereocenters. The molecule has 0 atom stereocenters. The van der Waals surface area contributed by atoms with E-state index < -0.39 is 0 Å². The summed E-state index contributed by atoms with van der Waals surface area (Å²) in [6.45, 7) is 2.04. The van der Waals surface area contributed by atoms with E-state index in [0.29, 0.717) is 0 Å². The van der Waals surface area contributed by atoms with Gasteiger partial charge in [-0.05, 0) is 45.2 Å². The molecule has 0 spiro atoms. The normalized spacial score (nSPS) is 10.4. The van der Waals surface area contributed by atoms with E-state index in [9.17, 15) is 0 Å². The Morgan fingerprint density at radius 3 is 2.86 bits per heavy atom. The van der Waals surface area contributed by atoms with Gasteiger partial charge in [0.2, 0.25) is 0 Å². The first-order valence-electron chi connectivity index (χ1n) is 4.35. The van der Waals surface area contributed by atoms with Gasteiger partial charge in [0.15, 0.2) is 5.82 Å². The molecule has 0 fully saturated rings. The quantitative estimate of drug-likeness (QED) is 0.795. The zero-order chi connectivity index (χ0) is 9.97. The van der Waals surface area contributed by atoms with Crippen molar-refractivity contribution in [3.63, 3.8) is 0 Å². The summed E-state index contributed by atoms with van der Waals surface area (Å²) in [6, 6.07) is 8.04. The second kappa shape index (κ2) is 4.04. The zero-order valence-corrected chi connectivity index (χ0v) is 9.84. The highest BCUT2D eigenvalue weighted by molar-refractivity contribution is 14.1. The summed E-state index contributed by atoms with van der Waals surface area (Å²) in [6.07, 6.45) is 0.831. The molecule has 5 heteroatoms. The lowest BCUT2D eigenvalue weighted by molar-refractivity contribution is 0.763. The van der Waals surface area contributed by atoms with Crippen LogP contribution in [0.2, 0.25) is 0 Å². The van der Waals surface area contributed by atoms with E-state index in [0.717, 1.165) is 21.5 Å². The van der Waals surface area contributed by atoms with E-state index in [1.807, 2.05) is 31.2 Å². The smallest absolute Gasteiger partial charge is 0.156 e. The van der Waals surface area contributed by atoms with Crippen LogP contribution < -0.4 is 0 Å². The predicted molar refractivity (Wildman–Crippen MR) is 61.2 cm³/mol. The number of hydrogen-bond acceptors (Lipinski definition) is 3. The van der Waals surface area contributed by atoms with Crippen molar-refractivity contribution < 1.29 is 0 Å². The molecule has 0 aliphatic carbocycles. The van der Waals surface area contributed by atoms with Crippen molar-refractivity contribution in [2.24, 2.45) is 0 Å². The number of aryl methyl sites for hydroxylation is 1. The Bertz CT molecular complexity index is 438. The fourth-order valence-corrected chi connectivity index (χ4v) is 1.85. The molecule has 1 aromatic carbocycles. The highest BCUT2D eigenvalue weighted by atomic mass is 127. The summed E-state index contributed by atoms with van der Waals surface area (Å²) in [4.78, 5) is 0. The first-order valence-corrected chi connectivity index (χ1v) is 5.43. The van der Waals surface area contributed by atoms with Crippen molar-refractivity contribution in [3.05, 3.63) is 33.7 Å². The van der Waals surface area contributed by atoms with Gasteiger partial charge in [0.25, 0.3) is 0 Å². The number of halogens is 1. The molecule has 2 rings (SSSR count). The topological polar surface area (TPSA) is 43.6 Å². The largest absolute Gasteiger partial charge is 0.196 e. The lowest BCUT2D eigenvalue weighted by Crippen LogP contribution is -2.03. The lowest BCUT2D eigenvalue weighted by Gasteiger charge is -2.04. The highest BCUT2D eigenvalue weighted by Crippen LogP contribution is 2.16. The number of nitrogens with zero attached hydrogens (tertiary/aromatic N) is 4. The van der Waals surface area contributed by atoms with Crippen LogP contribution in [0.5, 0.6) is 0 Å². The molecule has 0 aliphatic rings. The molecule has 1 heterocycles. The Hall–Kier alpha value is -0.980. The van der Waals surface area contributed by atoms with Gasteiger partial charge < -0.3 is 0 Å². The molecule has 0 saturated carbocycles. The molecule has 1 aromatic heterocycles. The summed E-state index contributed by atoms with van der Waals surface area (Å²) >= 11 is 2.28. The Kier molecular flexibility index (Phi) is 2.76. The molecule has 72 valence electrons. The summed E-state index contributed by atoms with van der Waals surface area (Å²) in [5, 5.41) is 11.6. The summed E-state index contributed by atoms with van der Waals surface area (Å²) in [5.74, 6) is 0.883. The number of rotatable bonds is 2. The van der Waals surface area contributed by atoms with Crippen molar-refractivity contribution in [3.8, 4) is 5.69 Å². The molecule has 0 bridgehead atoms. The van der Waals surface area contributed by atoms with E-state index in [-0.39, 0.29) is 0 Å². The first-order chi connectivity index (χ1) is 6.83. The summed E-state index contributed by atoms with van der Waals surface area (Å²) in [5.41, 5.74) is 1.04. The maximum Gasteiger partial charge on any atom is 0.156 e. The Morgan fingerprint density at radius 1 is 1.36 bits per heavy atom. The van der Waals surface area contributed by atoms with Crippen molar-refractivity contribution in [1.82, 2.24) is 20.2 Å². The second-order valence-electron chi connectivity index (χ2n) is 2.81. The molecule has 0 saturated heterocycles.